The van der Waals surface area contributed by atoms with E-state index in [9.17, 15) is 0 Å². The molecular formula is C22H23NO2. The fourth-order valence-corrected chi connectivity index (χ4v) is 2.71. The van der Waals surface area contributed by atoms with Crippen molar-refractivity contribution in [2.45, 2.75) is 6.92 Å². The molecule has 1 aliphatic heterocycles. The first-order valence-electron chi connectivity index (χ1n) is 8.50. The van der Waals surface area contributed by atoms with E-state index in [1.807, 2.05) is 43.3 Å². The van der Waals surface area contributed by atoms with Gasteiger partial charge in [-0.25, -0.2) is 0 Å². The summed E-state index contributed by atoms with van der Waals surface area (Å²) in [4.78, 5) is 2.34. The van der Waals surface area contributed by atoms with Crippen LogP contribution in [0.15, 0.2) is 72.7 Å². The number of anilines is 1. The van der Waals surface area contributed by atoms with E-state index >= 15 is 0 Å². The number of ether oxygens (including phenoxy) is 2. The summed E-state index contributed by atoms with van der Waals surface area (Å²) in [5, 5.41) is 0. The van der Waals surface area contributed by atoms with E-state index in [1.54, 1.807) is 0 Å². The predicted molar refractivity (Wildman–Crippen MR) is 103 cm³/mol. The van der Waals surface area contributed by atoms with Crippen LogP contribution in [0.5, 0.6) is 5.75 Å². The van der Waals surface area contributed by atoms with Gasteiger partial charge < -0.3 is 14.4 Å². The van der Waals surface area contributed by atoms with E-state index in [0.717, 1.165) is 43.2 Å². The maximum atomic E-state index is 5.87. The molecule has 3 rings (SSSR count). The molecule has 0 N–H and O–H groups in total. The molecular weight excluding hydrogens is 310 g/mol. The Labute approximate surface area is 149 Å². The summed E-state index contributed by atoms with van der Waals surface area (Å²) in [6, 6.07) is 16.4. The van der Waals surface area contributed by atoms with Crippen molar-refractivity contribution < 1.29 is 9.47 Å². The number of morpholine rings is 1. The molecule has 0 saturated carbocycles. The van der Waals surface area contributed by atoms with Gasteiger partial charge in [-0.05, 0) is 42.3 Å². The fourth-order valence-electron chi connectivity index (χ4n) is 2.71. The lowest BCUT2D eigenvalue weighted by Crippen LogP contribution is -2.36. The van der Waals surface area contributed by atoms with Crippen LogP contribution in [0.25, 0.3) is 6.08 Å². The van der Waals surface area contributed by atoms with Crippen molar-refractivity contribution in [1.29, 1.82) is 0 Å². The second kappa shape index (κ2) is 8.39. The molecule has 0 aliphatic carbocycles. The van der Waals surface area contributed by atoms with Crippen molar-refractivity contribution in [1.82, 2.24) is 0 Å². The fraction of sp³-hybridized carbons (Fsp3) is 0.227. The van der Waals surface area contributed by atoms with Gasteiger partial charge in [-0.3, -0.25) is 0 Å². The summed E-state index contributed by atoms with van der Waals surface area (Å²) in [5.41, 5.74) is 6.27. The largest absolute Gasteiger partial charge is 0.449 e. The van der Waals surface area contributed by atoms with Gasteiger partial charge in [-0.1, -0.05) is 48.7 Å². The third-order valence-electron chi connectivity index (χ3n) is 4.18. The molecule has 0 unspecified atom stereocenters. The van der Waals surface area contributed by atoms with E-state index in [4.69, 9.17) is 9.47 Å². The topological polar surface area (TPSA) is 21.7 Å². The van der Waals surface area contributed by atoms with Crippen molar-refractivity contribution in [3.05, 3.63) is 83.8 Å². The summed E-state index contributed by atoms with van der Waals surface area (Å²) < 4.78 is 11.3. The van der Waals surface area contributed by atoms with Crippen molar-refractivity contribution in [2.75, 3.05) is 31.2 Å². The average molecular weight is 333 g/mol. The summed E-state index contributed by atoms with van der Waals surface area (Å²) in [6.07, 6.45) is 3.90. The van der Waals surface area contributed by atoms with Gasteiger partial charge in [0.05, 0.1) is 13.2 Å². The lowest BCUT2D eigenvalue weighted by molar-refractivity contribution is 0.122. The van der Waals surface area contributed by atoms with Crippen LogP contribution in [0.4, 0.5) is 5.69 Å². The summed E-state index contributed by atoms with van der Waals surface area (Å²) in [6.45, 7) is 9.22. The van der Waals surface area contributed by atoms with Crippen LogP contribution in [0.2, 0.25) is 0 Å². The molecule has 2 aromatic rings. The first-order chi connectivity index (χ1) is 12.3. The number of rotatable bonds is 5. The van der Waals surface area contributed by atoms with Crippen LogP contribution in [-0.2, 0) is 4.74 Å². The molecule has 1 saturated heterocycles. The lowest BCUT2D eigenvalue weighted by Gasteiger charge is -2.28. The number of benzene rings is 2. The predicted octanol–water partition coefficient (Wildman–Crippen LogP) is 4.59. The van der Waals surface area contributed by atoms with Crippen molar-refractivity contribution in [2.24, 2.45) is 0 Å². The van der Waals surface area contributed by atoms with Gasteiger partial charge in [0.2, 0.25) is 0 Å². The summed E-state index contributed by atoms with van der Waals surface area (Å²) in [7, 11) is 0. The molecule has 0 aromatic heterocycles. The Morgan fingerprint density at radius 2 is 1.84 bits per heavy atom. The monoisotopic (exact) mass is 333 g/mol. The Kier molecular flexibility index (Phi) is 5.73. The molecule has 3 nitrogen and oxygen atoms in total. The quantitative estimate of drug-likeness (QED) is 0.454. The number of nitrogens with zero attached hydrogens (tertiary/aromatic N) is 1. The maximum absolute atomic E-state index is 5.87. The molecule has 128 valence electrons. The highest BCUT2D eigenvalue weighted by atomic mass is 16.5. The normalized spacial score (nSPS) is 14.4. The van der Waals surface area contributed by atoms with Gasteiger partial charge in [-0.15, -0.1) is 0 Å². The van der Waals surface area contributed by atoms with E-state index in [-0.39, 0.29) is 0 Å². The number of hydrogen-bond acceptors (Lipinski definition) is 3. The summed E-state index contributed by atoms with van der Waals surface area (Å²) in [5.74, 6) is 1.42. The Bertz CT molecular complexity index is 780. The van der Waals surface area contributed by atoms with E-state index < -0.39 is 0 Å². The summed E-state index contributed by atoms with van der Waals surface area (Å²) >= 11 is 0. The molecule has 0 amide bonds. The van der Waals surface area contributed by atoms with Crippen LogP contribution in [-0.4, -0.2) is 26.3 Å². The van der Waals surface area contributed by atoms with Crippen LogP contribution < -0.4 is 9.64 Å². The minimum Gasteiger partial charge on any atom is -0.449 e. The molecule has 0 spiro atoms. The number of aryl methyl sites for hydroxylation is 1. The second-order valence-corrected chi connectivity index (χ2v) is 5.93. The van der Waals surface area contributed by atoms with Crippen LogP contribution in [0.3, 0.4) is 0 Å². The molecule has 25 heavy (non-hydrogen) atoms. The highest BCUT2D eigenvalue weighted by molar-refractivity contribution is 5.57. The van der Waals surface area contributed by atoms with E-state index in [1.165, 1.54) is 5.69 Å². The van der Waals surface area contributed by atoms with Gasteiger partial charge in [0, 0.05) is 18.8 Å². The lowest BCUT2D eigenvalue weighted by atomic mass is 10.1. The van der Waals surface area contributed by atoms with Crippen LogP contribution in [0.1, 0.15) is 11.1 Å². The average Bonchev–Trinajstić information content (AvgIpc) is 2.67. The molecule has 0 bridgehead atoms. The number of allylic oxidation sites excluding steroid dienone is 1. The Morgan fingerprint density at radius 1 is 1.12 bits per heavy atom. The number of hydrogen-bond donors (Lipinski definition) is 0. The van der Waals surface area contributed by atoms with Crippen molar-refractivity contribution in [3.63, 3.8) is 0 Å². The Hall–Kier alpha value is -2.74. The first-order valence-corrected chi connectivity index (χ1v) is 8.50. The second-order valence-electron chi connectivity index (χ2n) is 5.93. The van der Waals surface area contributed by atoms with Gasteiger partial charge in [0.25, 0.3) is 0 Å². The molecule has 1 aliphatic rings. The van der Waals surface area contributed by atoms with Gasteiger partial charge in [0.1, 0.15) is 5.75 Å². The Morgan fingerprint density at radius 3 is 2.52 bits per heavy atom. The first kappa shape index (κ1) is 17.1. The van der Waals surface area contributed by atoms with Gasteiger partial charge in [-0.2, -0.15) is 0 Å². The zero-order valence-corrected chi connectivity index (χ0v) is 14.6. The standard InChI is InChI=1S/C22H23NO2/c1-3-21(25-22-7-5-4-6-18(22)2)13-10-19-8-11-20(12-9-19)23-14-16-24-17-15-23/h4-13H,1,14-17H2,2H3/b13-10+. The molecule has 3 heteroatoms. The molecule has 0 radical (unpaired) electrons. The van der Waals surface area contributed by atoms with Crippen LogP contribution >= 0.6 is 0 Å². The van der Waals surface area contributed by atoms with Crippen LogP contribution in [0, 0.1) is 6.92 Å². The zero-order chi connectivity index (χ0) is 17.5. The zero-order valence-electron chi connectivity index (χ0n) is 14.6. The maximum Gasteiger partial charge on any atom is 0.169 e. The third kappa shape index (κ3) is 4.63. The number of para-hydroxylation sites is 1. The van der Waals surface area contributed by atoms with Gasteiger partial charge in [0.15, 0.2) is 5.76 Å². The minimum absolute atomic E-state index is 0.603. The highest BCUT2D eigenvalue weighted by Gasteiger charge is 2.10. The molecule has 1 fully saturated rings. The van der Waals surface area contributed by atoms with E-state index in [0.29, 0.717) is 5.76 Å². The highest BCUT2D eigenvalue weighted by Crippen LogP contribution is 2.20. The Balaban J connectivity index is 1.66. The molecule has 1 heterocycles. The van der Waals surface area contributed by atoms with Crippen molar-refractivity contribution >= 4 is 11.8 Å². The molecule has 0 atom stereocenters. The van der Waals surface area contributed by atoms with Gasteiger partial charge >= 0.3 is 0 Å². The van der Waals surface area contributed by atoms with Crippen molar-refractivity contribution in [3.8, 4) is 5.75 Å². The van der Waals surface area contributed by atoms with E-state index in [2.05, 4.69) is 41.5 Å². The molecule has 2 aromatic carbocycles. The third-order valence-corrected chi connectivity index (χ3v) is 4.18. The minimum atomic E-state index is 0.603. The SMILES string of the molecule is C=C=C(/C=C/c1ccc(N2CCOCC2)cc1)Oc1ccccc1C. The smallest absolute Gasteiger partial charge is 0.169 e.